The fourth-order valence-corrected chi connectivity index (χ4v) is 2.33. The van der Waals surface area contributed by atoms with Crippen LogP contribution in [-0.2, 0) is 17.8 Å². The Bertz CT molecular complexity index is 385. The summed E-state index contributed by atoms with van der Waals surface area (Å²) < 4.78 is 6.09. The predicted octanol–water partition coefficient (Wildman–Crippen LogP) is 3.07. The molecule has 1 heterocycles. The van der Waals surface area contributed by atoms with Gasteiger partial charge in [0.1, 0.15) is 6.61 Å². The second kappa shape index (κ2) is 3.73. The zero-order chi connectivity index (χ0) is 10.1. The predicted molar refractivity (Wildman–Crippen MR) is 57.3 cm³/mol. The van der Waals surface area contributed by atoms with E-state index in [4.69, 9.17) is 4.74 Å². The number of esters is 1. The standard InChI is InChI=1S/C11H11BrO2/c1-2-3-7-9-6-14-11(13)8(9)4-5-10(7)12/h4-5H,2-3,6H2,1H3. The summed E-state index contributed by atoms with van der Waals surface area (Å²) in [6, 6.07) is 3.75. The van der Waals surface area contributed by atoms with Crippen molar-refractivity contribution in [1.82, 2.24) is 0 Å². The highest BCUT2D eigenvalue weighted by atomic mass is 79.9. The van der Waals surface area contributed by atoms with Crippen LogP contribution in [0.15, 0.2) is 16.6 Å². The molecule has 0 saturated carbocycles. The second-order valence-electron chi connectivity index (χ2n) is 3.38. The zero-order valence-electron chi connectivity index (χ0n) is 7.97. The maximum atomic E-state index is 11.3. The van der Waals surface area contributed by atoms with Crippen molar-refractivity contribution in [1.29, 1.82) is 0 Å². The van der Waals surface area contributed by atoms with Crippen molar-refractivity contribution >= 4 is 21.9 Å². The minimum atomic E-state index is -0.190. The van der Waals surface area contributed by atoms with E-state index in [2.05, 4.69) is 22.9 Å². The average molecular weight is 255 g/mol. The lowest BCUT2D eigenvalue weighted by molar-refractivity contribution is 0.0535. The third-order valence-electron chi connectivity index (χ3n) is 2.44. The number of ether oxygens (including phenoxy) is 1. The van der Waals surface area contributed by atoms with E-state index in [1.54, 1.807) is 0 Å². The number of benzene rings is 1. The van der Waals surface area contributed by atoms with Crippen LogP contribution in [0.2, 0.25) is 0 Å². The highest BCUT2D eigenvalue weighted by molar-refractivity contribution is 9.10. The van der Waals surface area contributed by atoms with Crippen molar-refractivity contribution in [2.45, 2.75) is 26.4 Å². The van der Waals surface area contributed by atoms with Crippen molar-refractivity contribution in [3.63, 3.8) is 0 Å². The molecule has 0 aromatic heterocycles. The van der Waals surface area contributed by atoms with Crippen LogP contribution in [0.1, 0.15) is 34.8 Å². The molecule has 0 fully saturated rings. The number of carbonyl (C=O) groups excluding carboxylic acids is 1. The first-order chi connectivity index (χ1) is 6.74. The molecule has 1 aliphatic heterocycles. The van der Waals surface area contributed by atoms with Crippen molar-refractivity contribution in [2.24, 2.45) is 0 Å². The molecule has 0 N–H and O–H groups in total. The zero-order valence-corrected chi connectivity index (χ0v) is 9.56. The monoisotopic (exact) mass is 254 g/mol. The molecular weight excluding hydrogens is 244 g/mol. The molecule has 0 unspecified atom stereocenters. The van der Waals surface area contributed by atoms with E-state index in [0.29, 0.717) is 6.61 Å². The van der Waals surface area contributed by atoms with Gasteiger partial charge < -0.3 is 4.74 Å². The number of carbonyl (C=O) groups is 1. The second-order valence-corrected chi connectivity index (χ2v) is 4.23. The molecule has 0 saturated heterocycles. The molecule has 14 heavy (non-hydrogen) atoms. The van der Waals surface area contributed by atoms with Gasteiger partial charge in [0.25, 0.3) is 0 Å². The molecular formula is C11H11BrO2. The number of cyclic esters (lactones) is 1. The molecule has 1 aromatic carbocycles. The fraction of sp³-hybridized carbons (Fsp3) is 0.364. The Morgan fingerprint density at radius 3 is 3.00 bits per heavy atom. The number of fused-ring (bicyclic) bond motifs is 1. The number of hydrogen-bond acceptors (Lipinski definition) is 2. The van der Waals surface area contributed by atoms with Gasteiger partial charge in [-0.25, -0.2) is 4.79 Å². The van der Waals surface area contributed by atoms with E-state index >= 15 is 0 Å². The van der Waals surface area contributed by atoms with Crippen LogP contribution in [0.5, 0.6) is 0 Å². The lowest BCUT2D eigenvalue weighted by atomic mass is 10.00. The normalized spacial score (nSPS) is 14.0. The van der Waals surface area contributed by atoms with Crippen LogP contribution in [0, 0.1) is 0 Å². The third kappa shape index (κ3) is 1.46. The quantitative estimate of drug-likeness (QED) is 0.759. The van der Waals surface area contributed by atoms with Crippen LogP contribution < -0.4 is 0 Å². The minimum absolute atomic E-state index is 0.190. The van der Waals surface area contributed by atoms with Gasteiger partial charge >= 0.3 is 5.97 Å². The molecule has 1 aliphatic rings. The van der Waals surface area contributed by atoms with Crippen molar-refractivity contribution in [3.05, 3.63) is 33.3 Å². The summed E-state index contributed by atoms with van der Waals surface area (Å²) in [7, 11) is 0. The molecule has 74 valence electrons. The summed E-state index contributed by atoms with van der Waals surface area (Å²) in [4.78, 5) is 11.3. The van der Waals surface area contributed by atoms with Crippen LogP contribution >= 0.6 is 15.9 Å². The third-order valence-corrected chi connectivity index (χ3v) is 3.18. The Morgan fingerprint density at radius 1 is 1.50 bits per heavy atom. The van der Waals surface area contributed by atoms with E-state index in [9.17, 15) is 4.79 Å². The van der Waals surface area contributed by atoms with Gasteiger partial charge in [0.15, 0.2) is 0 Å². The first-order valence-electron chi connectivity index (χ1n) is 4.71. The van der Waals surface area contributed by atoms with E-state index in [0.717, 1.165) is 28.4 Å². The van der Waals surface area contributed by atoms with E-state index < -0.39 is 0 Å². The minimum Gasteiger partial charge on any atom is -0.457 e. The first-order valence-corrected chi connectivity index (χ1v) is 5.50. The molecule has 3 heteroatoms. The van der Waals surface area contributed by atoms with Gasteiger partial charge in [0.05, 0.1) is 5.56 Å². The fourth-order valence-electron chi connectivity index (χ4n) is 1.76. The van der Waals surface area contributed by atoms with Crippen LogP contribution in [0.25, 0.3) is 0 Å². The highest BCUT2D eigenvalue weighted by Gasteiger charge is 2.24. The number of hydrogen-bond donors (Lipinski definition) is 0. The van der Waals surface area contributed by atoms with Gasteiger partial charge in [-0.3, -0.25) is 0 Å². The maximum absolute atomic E-state index is 11.3. The molecule has 0 atom stereocenters. The van der Waals surface area contributed by atoms with Crippen LogP contribution in [0.3, 0.4) is 0 Å². The molecule has 0 amide bonds. The molecule has 0 spiro atoms. The summed E-state index contributed by atoms with van der Waals surface area (Å²) in [6.07, 6.45) is 2.06. The Morgan fingerprint density at radius 2 is 2.29 bits per heavy atom. The first kappa shape index (κ1) is 9.71. The molecule has 0 aliphatic carbocycles. The van der Waals surface area contributed by atoms with Crippen LogP contribution in [-0.4, -0.2) is 5.97 Å². The van der Waals surface area contributed by atoms with Gasteiger partial charge in [-0.1, -0.05) is 29.3 Å². The topological polar surface area (TPSA) is 26.3 Å². The van der Waals surface area contributed by atoms with Gasteiger partial charge in [-0.2, -0.15) is 0 Å². The van der Waals surface area contributed by atoms with E-state index in [-0.39, 0.29) is 5.97 Å². The SMILES string of the molecule is CCCc1c(Br)ccc2c1COC2=O. The maximum Gasteiger partial charge on any atom is 0.338 e. The summed E-state index contributed by atoms with van der Waals surface area (Å²) in [5.41, 5.74) is 3.01. The molecule has 1 aromatic rings. The highest BCUT2D eigenvalue weighted by Crippen LogP contribution is 2.30. The lowest BCUT2D eigenvalue weighted by Crippen LogP contribution is -1.96. The lowest BCUT2D eigenvalue weighted by Gasteiger charge is -2.06. The Kier molecular flexibility index (Phi) is 2.59. The summed E-state index contributed by atoms with van der Waals surface area (Å²) in [5.74, 6) is -0.190. The van der Waals surface area contributed by atoms with E-state index in [1.807, 2.05) is 12.1 Å². The van der Waals surface area contributed by atoms with Crippen molar-refractivity contribution in [2.75, 3.05) is 0 Å². The molecule has 0 bridgehead atoms. The summed E-state index contributed by atoms with van der Waals surface area (Å²) in [6.45, 7) is 2.56. The number of rotatable bonds is 2. The van der Waals surface area contributed by atoms with E-state index in [1.165, 1.54) is 5.56 Å². The van der Waals surface area contributed by atoms with Gasteiger partial charge in [0, 0.05) is 10.0 Å². The Hall–Kier alpha value is -0.830. The largest absolute Gasteiger partial charge is 0.457 e. The van der Waals surface area contributed by atoms with Gasteiger partial charge in [-0.15, -0.1) is 0 Å². The van der Waals surface area contributed by atoms with Crippen molar-refractivity contribution in [3.8, 4) is 0 Å². The molecule has 0 radical (unpaired) electrons. The summed E-state index contributed by atoms with van der Waals surface area (Å²) in [5, 5.41) is 0. The Balaban J connectivity index is 2.53. The van der Waals surface area contributed by atoms with Crippen molar-refractivity contribution < 1.29 is 9.53 Å². The number of halogens is 1. The smallest absolute Gasteiger partial charge is 0.338 e. The Labute approximate surface area is 91.4 Å². The van der Waals surface area contributed by atoms with Crippen LogP contribution in [0.4, 0.5) is 0 Å². The molecule has 2 nitrogen and oxygen atoms in total. The van der Waals surface area contributed by atoms with Gasteiger partial charge in [0.2, 0.25) is 0 Å². The molecule has 2 rings (SSSR count). The summed E-state index contributed by atoms with van der Waals surface area (Å²) >= 11 is 3.50. The average Bonchev–Trinajstić information content (AvgIpc) is 2.53. The van der Waals surface area contributed by atoms with Gasteiger partial charge in [-0.05, 0) is 24.1 Å².